The summed E-state index contributed by atoms with van der Waals surface area (Å²) in [6.45, 7) is 2.00. The van der Waals surface area contributed by atoms with Crippen LogP contribution in [0.4, 0.5) is 0 Å². The van der Waals surface area contributed by atoms with Crippen LogP contribution in [0.25, 0.3) is 0 Å². The van der Waals surface area contributed by atoms with Gasteiger partial charge in [-0.25, -0.2) is 0 Å². The number of carboxylic acids is 1. The molecule has 3 N–H and O–H groups in total. The van der Waals surface area contributed by atoms with E-state index in [0.717, 1.165) is 0 Å². The van der Waals surface area contributed by atoms with Gasteiger partial charge in [0.15, 0.2) is 0 Å². The van der Waals surface area contributed by atoms with E-state index < -0.39 is 11.9 Å². The van der Waals surface area contributed by atoms with Crippen LogP contribution < -0.4 is 5.73 Å². The van der Waals surface area contributed by atoms with Crippen LogP contribution in [-0.2, 0) is 11.2 Å². The van der Waals surface area contributed by atoms with Gasteiger partial charge >= 0.3 is 5.97 Å². The van der Waals surface area contributed by atoms with Crippen LogP contribution in [0.15, 0.2) is 6.07 Å². The predicted molar refractivity (Wildman–Crippen MR) is 84.1 cm³/mol. The Labute approximate surface area is 137 Å². The molecule has 0 heterocycles. The number of hydrogen-bond acceptors (Lipinski definition) is 2. The molecule has 1 aromatic carbocycles. The minimum Gasteiger partial charge on any atom is -0.481 e. The number of benzene rings is 1. The standard InChI is InChI=1S/C13H15Cl4NO2/c1-6(2-7(5-18)13(19)20)3-8-11(16)9(14)4-10(15)12(8)17/h4,6-7H,2-3,5,18H2,1H3,(H,19,20). The molecule has 0 saturated heterocycles. The largest absolute Gasteiger partial charge is 0.481 e. The van der Waals surface area contributed by atoms with Crippen LogP contribution in [0.2, 0.25) is 20.1 Å². The molecule has 0 aliphatic rings. The molecule has 0 saturated carbocycles. The zero-order valence-corrected chi connectivity index (χ0v) is 13.8. The zero-order chi connectivity index (χ0) is 15.4. The molecule has 2 unspecified atom stereocenters. The molecule has 112 valence electrons. The minimum absolute atomic E-state index is 0.0317. The van der Waals surface area contributed by atoms with E-state index in [9.17, 15) is 4.79 Å². The van der Waals surface area contributed by atoms with Gasteiger partial charge in [0.05, 0.1) is 26.0 Å². The Morgan fingerprint density at radius 2 is 1.75 bits per heavy atom. The Hall–Kier alpha value is -0.190. The van der Waals surface area contributed by atoms with E-state index in [0.29, 0.717) is 38.5 Å². The molecule has 0 aliphatic heterocycles. The first-order chi connectivity index (χ1) is 9.27. The maximum atomic E-state index is 11.0. The molecule has 0 radical (unpaired) electrons. The third kappa shape index (κ3) is 4.40. The van der Waals surface area contributed by atoms with Gasteiger partial charge in [-0.1, -0.05) is 53.3 Å². The van der Waals surface area contributed by atoms with E-state index in [1.807, 2.05) is 6.92 Å². The number of carbonyl (C=O) groups is 1. The lowest BCUT2D eigenvalue weighted by Crippen LogP contribution is -2.25. The molecule has 0 aliphatic carbocycles. The summed E-state index contributed by atoms with van der Waals surface area (Å²) in [4.78, 5) is 11.0. The predicted octanol–water partition coefficient (Wildman–Crippen LogP) is 4.53. The minimum atomic E-state index is -0.902. The first kappa shape index (κ1) is 17.9. The van der Waals surface area contributed by atoms with E-state index >= 15 is 0 Å². The molecule has 0 spiro atoms. The summed E-state index contributed by atoms with van der Waals surface area (Å²) in [7, 11) is 0. The number of nitrogens with two attached hydrogens (primary N) is 1. The first-order valence-corrected chi connectivity index (χ1v) is 7.53. The van der Waals surface area contributed by atoms with Crippen LogP contribution in [0, 0.1) is 11.8 Å². The molecule has 0 bridgehead atoms. The second kappa shape index (κ2) is 7.71. The topological polar surface area (TPSA) is 63.3 Å². The molecule has 3 nitrogen and oxygen atoms in total. The Morgan fingerprint density at radius 1 is 1.25 bits per heavy atom. The van der Waals surface area contributed by atoms with Crippen molar-refractivity contribution in [1.82, 2.24) is 0 Å². The van der Waals surface area contributed by atoms with Gasteiger partial charge in [-0.15, -0.1) is 0 Å². The Balaban J connectivity index is 2.91. The summed E-state index contributed by atoms with van der Waals surface area (Å²) >= 11 is 24.2. The van der Waals surface area contributed by atoms with Crippen molar-refractivity contribution < 1.29 is 9.90 Å². The average molecular weight is 359 g/mol. The SMILES string of the molecule is CC(Cc1c(Cl)c(Cl)cc(Cl)c1Cl)CC(CN)C(=O)O. The van der Waals surface area contributed by atoms with Crippen molar-refractivity contribution in [1.29, 1.82) is 0 Å². The smallest absolute Gasteiger partial charge is 0.307 e. The fourth-order valence-electron chi connectivity index (χ4n) is 2.02. The number of aliphatic carboxylic acids is 1. The highest BCUT2D eigenvalue weighted by Gasteiger charge is 2.21. The van der Waals surface area contributed by atoms with Gasteiger partial charge in [-0.2, -0.15) is 0 Å². The van der Waals surface area contributed by atoms with Gasteiger partial charge in [0, 0.05) is 6.54 Å². The molecule has 0 aromatic heterocycles. The van der Waals surface area contributed by atoms with E-state index in [2.05, 4.69) is 0 Å². The quantitative estimate of drug-likeness (QED) is 0.734. The van der Waals surface area contributed by atoms with Crippen LogP contribution in [-0.4, -0.2) is 17.6 Å². The maximum absolute atomic E-state index is 11.0. The molecule has 20 heavy (non-hydrogen) atoms. The second-order valence-corrected chi connectivity index (χ2v) is 6.33. The van der Waals surface area contributed by atoms with Crippen molar-refractivity contribution in [2.75, 3.05) is 6.54 Å². The van der Waals surface area contributed by atoms with Crippen molar-refractivity contribution in [2.45, 2.75) is 19.8 Å². The number of rotatable bonds is 6. The van der Waals surface area contributed by atoms with E-state index in [1.54, 1.807) is 0 Å². The summed E-state index contributed by atoms with van der Waals surface area (Å²) in [5.41, 5.74) is 6.09. The fraction of sp³-hybridized carbons (Fsp3) is 0.462. The van der Waals surface area contributed by atoms with Crippen LogP contribution in [0.1, 0.15) is 18.9 Å². The van der Waals surface area contributed by atoms with Gasteiger partial charge in [0.25, 0.3) is 0 Å². The van der Waals surface area contributed by atoms with Gasteiger partial charge in [-0.05, 0) is 30.4 Å². The first-order valence-electron chi connectivity index (χ1n) is 6.02. The van der Waals surface area contributed by atoms with Crippen molar-refractivity contribution in [3.63, 3.8) is 0 Å². The number of carboxylic acid groups (broad SMARTS) is 1. The lowest BCUT2D eigenvalue weighted by atomic mass is 9.90. The van der Waals surface area contributed by atoms with Crippen molar-refractivity contribution >= 4 is 52.4 Å². The highest BCUT2D eigenvalue weighted by atomic mass is 35.5. The summed E-state index contributed by atoms with van der Waals surface area (Å²) in [5, 5.41) is 10.4. The van der Waals surface area contributed by atoms with Crippen LogP contribution >= 0.6 is 46.4 Å². The molecule has 2 atom stereocenters. The van der Waals surface area contributed by atoms with E-state index in [-0.39, 0.29) is 12.5 Å². The van der Waals surface area contributed by atoms with E-state index in [1.165, 1.54) is 6.07 Å². The third-order valence-corrected chi connectivity index (χ3v) is 4.73. The lowest BCUT2D eigenvalue weighted by Gasteiger charge is -2.18. The van der Waals surface area contributed by atoms with Crippen molar-refractivity contribution in [3.8, 4) is 0 Å². The molecule has 0 amide bonds. The van der Waals surface area contributed by atoms with Gasteiger partial charge in [0.2, 0.25) is 0 Å². The van der Waals surface area contributed by atoms with Crippen LogP contribution in [0.5, 0.6) is 0 Å². The Bertz CT molecular complexity index is 481. The molecule has 0 fully saturated rings. The third-order valence-electron chi connectivity index (χ3n) is 3.08. The summed E-state index contributed by atoms with van der Waals surface area (Å²) in [6.07, 6.45) is 0.921. The summed E-state index contributed by atoms with van der Waals surface area (Å²) in [5.74, 6) is -1.46. The van der Waals surface area contributed by atoms with Crippen molar-refractivity contribution in [2.24, 2.45) is 17.6 Å². The number of hydrogen-bond donors (Lipinski definition) is 2. The molecule has 7 heteroatoms. The van der Waals surface area contributed by atoms with Gasteiger partial charge in [-0.3, -0.25) is 4.79 Å². The summed E-state index contributed by atoms with van der Waals surface area (Å²) < 4.78 is 0. The van der Waals surface area contributed by atoms with Crippen molar-refractivity contribution in [3.05, 3.63) is 31.7 Å². The van der Waals surface area contributed by atoms with Gasteiger partial charge < -0.3 is 10.8 Å². The highest BCUT2D eigenvalue weighted by molar-refractivity contribution is 6.48. The molecular formula is C13H15Cl4NO2. The Morgan fingerprint density at radius 3 is 2.15 bits per heavy atom. The number of halogens is 4. The Kier molecular flexibility index (Phi) is 6.89. The maximum Gasteiger partial charge on any atom is 0.307 e. The normalized spacial score (nSPS) is 14.1. The molecule has 1 aromatic rings. The molecule has 1 rings (SSSR count). The fourth-order valence-corrected chi connectivity index (χ4v) is 3.02. The van der Waals surface area contributed by atoms with Gasteiger partial charge in [0.1, 0.15) is 0 Å². The second-order valence-electron chi connectivity index (χ2n) is 4.76. The summed E-state index contributed by atoms with van der Waals surface area (Å²) in [6, 6.07) is 1.49. The zero-order valence-electron chi connectivity index (χ0n) is 10.8. The lowest BCUT2D eigenvalue weighted by molar-refractivity contribution is -0.141. The average Bonchev–Trinajstić information content (AvgIpc) is 2.38. The highest BCUT2D eigenvalue weighted by Crippen LogP contribution is 2.38. The molecular weight excluding hydrogens is 344 g/mol. The van der Waals surface area contributed by atoms with E-state index in [4.69, 9.17) is 57.2 Å². The van der Waals surface area contributed by atoms with Crippen LogP contribution in [0.3, 0.4) is 0 Å². The monoisotopic (exact) mass is 357 g/mol.